The lowest BCUT2D eigenvalue weighted by molar-refractivity contribution is -0.146. The molecule has 0 unspecified atom stereocenters. The van der Waals surface area contributed by atoms with Gasteiger partial charge in [-0.1, -0.05) is 11.6 Å². The number of rotatable bonds is 6. The predicted molar refractivity (Wildman–Crippen MR) is 81.4 cm³/mol. The molecule has 5 nitrogen and oxygen atoms in total. The molecule has 0 amide bonds. The minimum absolute atomic E-state index is 0.0159. The van der Waals surface area contributed by atoms with E-state index in [1.165, 1.54) is 6.07 Å². The van der Waals surface area contributed by atoms with Crippen LogP contribution < -0.4 is 5.32 Å². The molecule has 0 aliphatic heterocycles. The Morgan fingerprint density at radius 2 is 1.71 bits per heavy atom. The SMILES string of the molecule is CCOC(=O)C(=CNc1ccc(Cl)c(C(F)(F)F)c1)C(=O)OCC. The molecule has 0 saturated carbocycles. The third-order valence-electron chi connectivity index (χ3n) is 2.65. The van der Waals surface area contributed by atoms with Crippen LogP contribution in [0.5, 0.6) is 0 Å². The summed E-state index contributed by atoms with van der Waals surface area (Å²) in [6, 6.07) is 3.07. The summed E-state index contributed by atoms with van der Waals surface area (Å²) in [6.45, 7) is 3.13. The fourth-order valence-corrected chi connectivity index (χ4v) is 1.83. The average Bonchev–Trinajstić information content (AvgIpc) is 2.48. The lowest BCUT2D eigenvalue weighted by Crippen LogP contribution is -2.19. The minimum Gasteiger partial charge on any atom is -0.462 e. The van der Waals surface area contributed by atoms with Crippen LogP contribution in [0.4, 0.5) is 18.9 Å². The lowest BCUT2D eigenvalue weighted by atomic mass is 10.2. The normalized spacial score (nSPS) is 10.8. The molecular formula is C15H15ClF3NO4. The largest absolute Gasteiger partial charge is 0.462 e. The number of carbonyl (C=O) groups is 2. The van der Waals surface area contributed by atoms with Gasteiger partial charge in [0.05, 0.1) is 23.8 Å². The van der Waals surface area contributed by atoms with Crippen LogP contribution in [0.25, 0.3) is 0 Å². The van der Waals surface area contributed by atoms with Crippen LogP contribution >= 0.6 is 11.6 Å². The summed E-state index contributed by atoms with van der Waals surface area (Å²) in [5.74, 6) is -1.90. The van der Waals surface area contributed by atoms with Crippen molar-refractivity contribution in [3.05, 3.63) is 40.6 Å². The number of nitrogens with one attached hydrogen (secondary N) is 1. The van der Waals surface area contributed by atoms with E-state index >= 15 is 0 Å². The molecule has 0 aliphatic carbocycles. The molecule has 0 heterocycles. The number of benzene rings is 1. The Kier molecular flexibility index (Phi) is 7.09. The van der Waals surface area contributed by atoms with E-state index in [2.05, 4.69) is 5.32 Å². The fraction of sp³-hybridized carbons (Fsp3) is 0.333. The molecule has 9 heteroatoms. The highest BCUT2D eigenvalue weighted by Crippen LogP contribution is 2.36. The van der Waals surface area contributed by atoms with Crippen molar-refractivity contribution in [2.24, 2.45) is 0 Å². The molecule has 132 valence electrons. The van der Waals surface area contributed by atoms with Crippen molar-refractivity contribution in [3.63, 3.8) is 0 Å². The minimum atomic E-state index is -4.64. The first kappa shape index (κ1) is 19.8. The smallest absolute Gasteiger partial charge is 0.417 e. The van der Waals surface area contributed by atoms with Crippen LogP contribution in [0.2, 0.25) is 5.02 Å². The summed E-state index contributed by atoms with van der Waals surface area (Å²) < 4.78 is 47.8. The molecule has 0 aliphatic rings. The molecule has 1 N–H and O–H groups in total. The van der Waals surface area contributed by atoms with E-state index in [1.54, 1.807) is 13.8 Å². The van der Waals surface area contributed by atoms with Gasteiger partial charge in [-0.25, -0.2) is 9.59 Å². The van der Waals surface area contributed by atoms with Gasteiger partial charge >= 0.3 is 18.1 Å². The highest BCUT2D eigenvalue weighted by atomic mass is 35.5. The summed E-state index contributed by atoms with van der Waals surface area (Å²) in [4.78, 5) is 23.5. The number of carbonyl (C=O) groups excluding carboxylic acids is 2. The van der Waals surface area contributed by atoms with E-state index < -0.39 is 34.3 Å². The molecule has 0 saturated heterocycles. The molecule has 0 fully saturated rings. The highest BCUT2D eigenvalue weighted by molar-refractivity contribution is 6.31. The number of hydrogen-bond acceptors (Lipinski definition) is 5. The van der Waals surface area contributed by atoms with Gasteiger partial charge in [-0.05, 0) is 32.0 Å². The monoisotopic (exact) mass is 365 g/mol. The number of halogens is 4. The standard InChI is InChI=1S/C15H15ClF3NO4/c1-3-23-13(21)10(14(22)24-4-2)8-20-9-5-6-12(16)11(7-9)15(17,18)19/h5-8,20H,3-4H2,1-2H3. The van der Waals surface area contributed by atoms with E-state index in [0.29, 0.717) is 0 Å². The van der Waals surface area contributed by atoms with Gasteiger partial charge in [0, 0.05) is 11.9 Å². The van der Waals surface area contributed by atoms with Gasteiger partial charge in [0.25, 0.3) is 0 Å². The van der Waals surface area contributed by atoms with Crippen molar-refractivity contribution < 1.29 is 32.2 Å². The number of anilines is 1. The van der Waals surface area contributed by atoms with Gasteiger partial charge < -0.3 is 14.8 Å². The van der Waals surface area contributed by atoms with Gasteiger partial charge in [0.2, 0.25) is 0 Å². The molecular weight excluding hydrogens is 351 g/mol. The van der Waals surface area contributed by atoms with E-state index in [-0.39, 0.29) is 18.9 Å². The zero-order valence-corrected chi connectivity index (χ0v) is 13.6. The first-order valence-electron chi connectivity index (χ1n) is 6.88. The summed E-state index contributed by atoms with van der Waals surface area (Å²) in [6.07, 6.45) is -3.71. The van der Waals surface area contributed by atoms with Crippen LogP contribution in [0.3, 0.4) is 0 Å². The lowest BCUT2D eigenvalue weighted by Gasteiger charge is -2.11. The molecule has 1 aromatic carbocycles. The van der Waals surface area contributed by atoms with Gasteiger partial charge in [0.1, 0.15) is 0 Å². The molecule has 0 atom stereocenters. The predicted octanol–water partition coefficient (Wildman–Crippen LogP) is 3.78. The molecule has 0 spiro atoms. The van der Waals surface area contributed by atoms with Crippen molar-refractivity contribution in [1.82, 2.24) is 0 Å². The van der Waals surface area contributed by atoms with Crippen molar-refractivity contribution >= 4 is 29.2 Å². The molecule has 0 radical (unpaired) electrons. The third kappa shape index (κ3) is 5.45. The molecule has 24 heavy (non-hydrogen) atoms. The number of hydrogen-bond donors (Lipinski definition) is 1. The van der Waals surface area contributed by atoms with Gasteiger partial charge in [0.15, 0.2) is 5.57 Å². The first-order chi connectivity index (χ1) is 11.2. The molecule has 1 aromatic rings. The van der Waals surface area contributed by atoms with Crippen molar-refractivity contribution in [2.75, 3.05) is 18.5 Å². The Hall–Kier alpha value is -2.22. The van der Waals surface area contributed by atoms with Crippen LogP contribution in [0, 0.1) is 0 Å². The number of ether oxygens (including phenoxy) is 2. The summed E-state index contributed by atoms with van der Waals surface area (Å²) in [7, 11) is 0. The summed E-state index contributed by atoms with van der Waals surface area (Å²) in [5, 5.41) is 1.98. The second kappa shape index (κ2) is 8.58. The zero-order chi connectivity index (χ0) is 18.3. The summed E-state index contributed by atoms with van der Waals surface area (Å²) in [5.41, 5.74) is -1.53. The Balaban J connectivity index is 3.09. The van der Waals surface area contributed by atoms with Crippen molar-refractivity contribution in [3.8, 4) is 0 Å². The van der Waals surface area contributed by atoms with Crippen molar-refractivity contribution in [2.45, 2.75) is 20.0 Å². The third-order valence-corrected chi connectivity index (χ3v) is 2.98. The maximum absolute atomic E-state index is 12.8. The van der Waals surface area contributed by atoms with Crippen LogP contribution in [0.1, 0.15) is 19.4 Å². The van der Waals surface area contributed by atoms with E-state index in [0.717, 1.165) is 18.3 Å². The topological polar surface area (TPSA) is 64.6 Å². The Labute approximate surface area is 141 Å². The number of esters is 2. The van der Waals surface area contributed by atoms with Gasteiger partial charge in [-0.2, -0.15) is 13.2 Å². The fourth-order valence-electron chi connectivity index (χ4n) is 1.61. The maximum Gasteiger partial charge on any atom is 0.417 e. The van der Waals surface area contributed by atoms with Crippen molar-refractivity contribution in [1.29, 1.82) is 0 Å². The summed E-state index contributed by atoms with van der Waals surface area (Å²) >= 11 is 5.52. The van der Waals surface area contributed by atoms with E-state index in [4.69, 9.17) is 21.1 Å². The number of alkyl halides is 3. The van der Waals surface area contributed by atoms with Gasteiger partial charge in [-0.3, -0.25) is 0 Å². The Bertz CT molecular complexity index is 624. The van der Waals surface area contributed by atoms with Gasteiger partial charge in [-0.15, -0.1) is 0 Å². The first-order valence-corrected chi connectivity index (χ1v) is 7.26. The Morgan fingerprint density at radius 3 is 2.17 bits per heavy atom. The molecule has 0 bridgehead atoms. The van der Waals surface area contributed by atoms with Crippen LogP contribution in [-0.2, 0) is 25.2 Å². The second-order valence-corrected chi connectivity index (χ2v) is 4.74. The van der Waals surface area contributed by atoms with E-state index in [1.807, 2.05) is 0 Å². The maximum atomic E-state index is 12.8. The van der Waals surface area contributed by atoms with E-state index in [9.17, 15) is 22.8 Å². The molecule has 0 aromatic heterocycles. The molecule has 1 rings (SSSR count). The van der Waals surface area contributed by atoms with Crippen LogP contribution in [0.15, 0.2) is 30.0 Å². The average molecular weight is 366 g/mol. The highest BCUT2D eigenvalue weighted by Gasteiger charge is 2.33. The van der Waals surface area contributed by atoms with Crippen LogP contribution in [-0.4, -0.2) is 25.2 Å². The second-order valence-electron chi connectivity index (χ2n) is 4.34. The zero-order valence-electron chi connectivity index (χ0n) is 12.9. The quantitative estimate of drug-likeness (QED) is 0.360. The Morgan fingerprint density at radius 1 is 1.17 bits per heavy atom.